The van der Waals surface area contributed by atoms with Gasteiger partial charge in [-0.3, -0.25) is 18.6 Å². The third-order valence-corrected chi connectivity index (χ3v) is 9.22. The van der Waals surface area contributed by atoms with Crippen molar-refractivity contribution in [3.63, 3.8) is 0 Å². The number of cyclic esters (lactones) is 1. The van der Waals surface area contributed by atoms with Gasteiger partial charge in [-0.2, -0.15) is 0 Å². The van der Waals surface area contributed by atoms with Crippen molar-refractivity contribution in [2.24, 2.45) is 17.6 Å². The zero-order chi connectivity index (χ0) is 26.8. The number of hydrogen-bond donors (Lipinski definition) is 2. The smallest absolute Gasteiger partial charge is 0.313 e. The van der Waals surface area contributed by atoms with Gasteiger partial charge < -0.3 is 15.6 Å². The summed E-state index contributed by atoms with van der Waals surface area (Å²) in [6.07, 6.45) is 16.7. The molecule has 1 amide bonds. The Morgan fingerprint density at radius 1 is 0.944 bits per heavy atom. The average Bonchev–Trinajstić information content (AvgIpc) is 2.83. The lowest BCUT2D eigenvalue weighted by Gasteiger charge is -2.39. The summed E-state index contributed by atoms with van der Waals surface area (Å²) in [5.74, 6) is -1.89. The lowest BCUT2D eigenvalue weighted by atomic mass is 9.81. The van der Waals surface area contributed by atoms with Crippen LogP contribution in [0.3, 0.4) is 0 Å². The number of carbonyl (C=O) groups is 3. The van der Waals surface area contributed by atoms with Gasteiger partial charge in [-0.05, 0) is 25.2 Å². The highest BCUT2D eigenvalue weighted by Gasteiger charge is 2.44. The number of esters is 1. The largest absolute Gasteiger partial charge is 0.481 e. The van der Waals surface area contributed by atoms with Gasteiger partial charge in [0.15, 0.2) is 0 Å². The Morgan fingerprint density at radius 2 is 1.50 bits per heavy atom. The maximum absolute atomic E-state index is 13.1. The van der Waals surface area contributed by atoms with Crippen LogP contribution in [0.15, 0.2) is 0 Å². The van der Waals surface area contributed by atoms with Crippen molar-refractivity contribution in [1.29, 1.82) is 0 Å². The van der Waals surface area contributed by atoms with Gasteiger partial charge >= 0.3 is 11.9 Å². The monoisotopic (exact) mass is 529 g/mol. The summed E-state index contributed by atoms with van der Waals surface area (Å²) in [6.45, 7) is 4.37. The van der Waals surface area contributed by atoms with E-state index in [1.165, 1.54) is 38.5 Å². The second-order valence-electron chi connectivity index (χ2n) is 10.5. The Kier molecular flexibility index (Phi) is 17.8. The molecule has 0 saturated carbocycles. The molecule has 1 aliphatic rings. The predicted molar refractivity (Wildman–Crippen MR) is 145 cm³/mol. The van der Waals surface area contributed by atoms with Gasteiger partial charge in [0.2, 0.25) is 5.91 Å². The standard InChI is InChI=1S/C28H51NO6S/c1-3-5-7-9-10-11-12-13-14-16-22(25(21-27(31)32)36(34)19-18-26(29)30)20-24-23(28(33)35-24)17-15-8-6-4-2/h22-25H,3-21H2,1-2H3,(H2,29,30)(H,31,32)/t22?,23-,24-,25-,36?/m0/s1. The molecule has 1 fully saturated rings. The zero-order valence-electron chi connectivity index (χ0n) is 22.7. The molecule has 36 heavy (non-hydrogen) atoms. The summed E-state index contributed by atoms with van der Waals surface area (Å²) in [4.78, 5) is 35.0. The molecule has 0 aromatic carbocycles. The maximum Gasteiger partial charge on any atom is 0.313 e. The first-order valence-electron chi connectivity index (χ1n) is 14.4. The van der Waals surface area contributed by atoms with Crippen molar-refractivity contribution in [2.75, 3.05) is 5.75 Å². The molecular formula is C28H51NO6S. The van der Waals surface area contributed by atoms with E-state index in [4.69, 9.17) is 10.5 Å². The van der Waals surface area contributed by atoms with Crippen LogP contribution in [0.1, 0.15) is 129 Å². The Bertz CT molecular complexity index is 670. The number of amides is 1. The number of aliphatic carboxylic acids is 1. The van der Waals surface area contributed by atoms with Gasteiger partial charge in [0.25, 0.3) is 0 Å². The Hall–Kier alpha value is -1.44. The highest BCUT2D eigenvalue weighted by molar-refractivity contribution is 7.85. The molecule has 5 atom stereocenters. The summed E-state index contributed by atoms with van der Waals surface area (Å²) >= 11 is 0. The molecule has 0 aliphatic carbocycles. The molecule has 0 radical (unpaired) electrons. The number of rotatable bonds is 24. The third kappa shape index (κ3) is 13.8. The van der Waals surface area contributed by atoms with Crippen molar-refractivity contribution in [1.82, 2.24) is 0 Å². The molecule has 0 spiro atoms. The molecule has 2 unspecified atom stereocenters. The Balaban J connectivity index is 2.74. The first-order chi connectivity index (χ1) is 17.3. The fourth-order valence-corrected chi connectivity index (χ4v) is 6.89. The maximum atomic E-state index is 13.1. The van der Waals surface area contributed by atoms with Gasteiger partial charge in [-0.15, -0.1) is 0 Å². The van der Waals surface area contributed by atoms with Crippen LogP contribution in [0.2, 0.25) is 0 Å². The SMILES string of the molecule is CCCCCCCCCCCC(C[C@@H]1OC(=O)[C@H]1CCCCCC)[C@H](CC(=O)O)S(=O)CCC(N)=O. The first-order valence-corrected chi connectivity index (χ1v) is 15.8. The molecule has 7 nitrogen and oxygen atoms in total. The van der Waals surface area contributed by atoms with Crippen molar-refractivity contribution in [3.8, 4) is 0 Å². The molecule has 8 heteroatoms. The van der Waals surface area contributed by atoms with Crippen molar-refractivity contribution < 1.29 is 28.4 Å². The third-order valence-electron chi connectivity index (χ3n) is 7.39. The van der Waals surface area contributed by atoms with Crippen LogP contribution < -0.4 is 5.73 Å². The minimum Gasteiger partial charge on any atom is -0.481 e. The van der Waals surface area contributed by atoms with Gasteiger partial charge in [0, 0.05) is 28.2 Å². The van der Waals surface area contributed by atoms with Crippen LogP contribution >= 0.6 is 0 Å². The van der Waals surface area contributed by atoms with E-state index >= 15 is 0 Å². The van der Waals surface area contributed by atoms with Gasteiger partial charge in [-0.1, -0.05) is 97.3 Å². The first kappa shape index (κ1) is 32.6. The molecule has 1 aliphatic heterocycles. The summed E-state index contributed by atoms with van der Waals surface area (Å²) in [6, 6.07) is 0. The Labute approximate surface area is 221 Å². The van der Waals surface area contributed by atoms with Crippen LogP contribution in [-0.4, -0.2) is 44.3 Å². The quantitative estimate of drug-likeness (QED) is 0.119. The molecule has 210 valence electrons. The fourth-order valence-electron chi connectivity index (χ4n) is 5.18. The highest BCUT2D eigenvalue weighted by Crippen LogP contribution is 2.36. The lowest BCUT2D eigenvalue weighted by molar-refractivity contribution is -0.187. The highest BCUT2D eigenvalue weighted by atomic mass is 32.2. The molecule has 3 N–H and O–H groups in total. The summed E-state index contributed by atoms with van der Waals surface area (Å²) in [5, 5.41) is 8.97. The van der Waals surface area contributed by atoms with Crippen molar-refractivity contribution in [2.45, 2.75) is 141 Å². The van der Waals surface area contributed by atoms with E-state index in [-0.39, 0.29) is 42.5 Å². The molecule has 1 rings (SSSR count). The summed E-state index contributed by atoms with van der Waals surface area (Å²) < 4.78 is 18.6. The van der Waals surface area contributed by atoms with Crippen LogP contribution in [0.4, 0.5) is 0 Å². The second-order valence-corrected chi connectivity index (χ2v) is 12.3. The molecular weight excluding hydrogens is 478 g/mol. The van der Waals surface area contributed by atoms with Crippen LogP contribution in [0.5, 0.6) is 0 Å². The Morgan fingerprint density at radius 3 is 2.03 bits per heavy atom. The van der Waals surface area contributed by atoms with E-state index in [1.807, 2.05) is 0 Å². The van der Waals surface area contributed by atoms with Crippen LogP contribution in [0, 0.1) is 11.8 Å². The van der Waals surface area contributed by atoms with E-state index in [9.17, 15) is 23.7 Å². The molecule has 1 heterocycles. The lowest BCUT2D eigenvalue weighted by Crippen LogP contribution is -2.47. The fraction of sp³-hybridized carbons (Fsp3) is 0.893. The van der Waals surface area contributed by atoms with E-state index in [0.717, 1.165) is 57.8 Å². The number of hydrogen-bond acceptors (Lipinski definition) is 5. The number of nitrogens with two attached hydrogens (primary N) is 1. The van der Waals surface area contributed by atoms with E-state index in [0.29, 0.717) is 6.42 Å². The van der Waals surface area contributed by atoms with Gasteiger partial charge in [0.05, 0.1) is 12.3 Å². The number of carbonyl (C=O) groups excluding carboxylic acids is 2. The van der Waals surface area contributed by atoms with Crippen LogP contribution in [-0.2, 0) is 29.9 Å². The van der Waals surface area contributed by atoms with E-state index in [1.54, 1.807) is 0 Å². The minimum absolute atomic E-state index is 0.0219. The predicted octanol–water partition coefficient (Wildman–Crippen LogP) is 5.89. The molecule has 0 bridgehead atoms. The molecule has 0 aromatic heterocycles. The summed E-state index contributed by atoms with van der Waals surface area (Å²) in [5.41, 5.74) is 5.25. The number of ether oxygens (including phenoxy) is 1. The van der Waals surface area contributed by atoms with Crippen molar-refractivity contribution in [3.05, 3.63) is 0 Å². The normalized spacial score (nSPS) is 19.8. The summed E-state index contributed by atoms with van der Waals surface area (Å²) in [7, 11) is -1.49. The number of carboxylic acids is 1. The second kappa shape index (κ2) is 19.6. The minimum atomic E-state index is -1.49. The van der Waals surface area contributed by atoms with Gasteiger partial charge in [-0.25, -0.2) is 0 Å². The van der Waals surface area contributed by atoms with Crippen LogP contribution in [0.25, 0.3) is 0 Å². The van der Waals surface area contributed by atoms with Crippen molar-refractivity contribution >= 4 is 28.6 Å². The van der Waals surface area contributed by atoms with Gasteiger partial charge in [0.1, 0.15) is 6.10 Å². The zero-order valence-corrected chi connectivity index (χ0v) is 23.5. The van der Waals surface area contributed by atoms with E-state index < -0.39 is 27.9 Å². The molecule has 0 aromatic rings. The number of primary amides is 1. The van der Waals surface area contributed by atoms with E-state index in [2.05, 4.69) is 13.8 Å². The number of unbranched alkanes of at least 4 members (excludes halogenated alkanes) is 11. The average molecular weight is 530 g/mol. The molecule has 1 saturated heterocycles. The number of carboxylic acid groups (broad SMARTS) is 1. The topological polar surface area (TPSA) is 124 Å².